The minimum atomic E-state index is -0.371. The lowest BCUT2D eigenvalue weighted by molar-refractivity contribution is -0.123. The number of nitrogens with zero attached hydrogens (tertiary/aromatic N) is 2. The summed E-state index contributed by atoms with van der Waals surface area (Å²) in [6.07, 6.45) is 0. The van der Waals surface area contributed by atoms with Gasteiger partial charge in [0, 0.05) is 6.07 Å². The van der Waals surface area contributed by atoms with Gasteiger partial charge in [-0.05, 0) is 12.5 Å². The van der Waals surface area contributed by atoms with Gasteiger partial charge in [-0.3, -0.25) is 9.59 Å². The number of aryl methyl sites for hydroxylation is 1. The molecule has 1 aromatic heterocycles. The molecule has 0 aliphatic carbocycles. The molecule has 0 spiro atoms. The highest BCUT2D eigenvalue weighted by atomic mass is 35.5. The van der Waals surface area contributed by atoms with Gasteiger partial charge in [-0.2, -0.15) is 5.10 Å². The van der Waals surface area contributed by atoms with Crippen molar-refractivity contribution < 1.29 is 9.59 Å². The summed E-state index contributed by atoms with van der Waals surface area (Å²) in [5, 5.41) is 9.52. The number of carbonyl (C=O) groups is 2. The second-order valence-corrected chi connectivity index (χ2v) is 4.84. The smallest absolute Gasteiger partial charge is 0.244 e. The third kappa shape index (κ3) is 5.72. The van der Waals surface area contributed by atoms with Gasteiger partial charge in [-0.25, -0.2) is 4.68 Å². The highest BCUT2D eigenvalue weighted by Crippen LogP contribution is 2.12. The van der Waals surface area contributed by atoms with E-state index in [1.54, 1.807) is 10.7 Å². The molecule has 4 N–H and O–H groups in total. The van der Waals surface area contributed by atoms with Crippen LogP contribution in [0, 0.1) is 6.92 Å². The minimum Gasteiger partial charge on any atom is -0.346 e. The third-order valence-corrected chi connectivity index (χ3v) is 2.98. The molecule has 0 aliphatic heterocycles. The molecule has 124 valence electrons. The van der Waals surface area contributed by atoms with Crippen molar-refractivity contribution in [1.82, 2.24) is 15.1 Å². The van der Waals surface area contributed by atoms with Crippen LogP contribution in [-0.4, -0.2) is 34.7 Å². The Morgan fingerprint density at radius 1 is 1.22 bits per heavy atom. The molecule has 2 amide bonds. The molecule has 1 heterocycles. The number of amides is 2. The Bertz CT molecular complexity index is 657. The monoisotopic (exact) mass is 337 g/mol. The molecule has 0 radical (unpaired) electrons. The van der Waals surface area contributed by atoms with E-state index < -0.39 is 0 Å². The van der Waals surface area contributed by atoms with E-state index in [1.807, 2.05) is 37.3 Å². The number of hydrogen-bond donors (Lipinski definition) is 3. The first-order valence-corrected chi connectivity index (χ1v) is 6.93. The molecule has 0 aliphatic rings. The number of hydrogen-bond acceptors (Lipinski definition) is 4. The van der Waals surface area contributed by atoms with Crippen LogP contribution in [-0.2, 0) is 16.1 Å². The fourth-order valence-electron chi connectivity index (χ4n) is 1.96. The van der Waals surface area contributed by atoms with Gasteiger partial charge in [0.15, 0.2) is 0 Å². The lowest BCUT2D eigenvalue weighted by Gasteiger charge is -2.09. The Kier molecular flexibility index (Phi) is 7.24. The van der Waals surface area contributed by atoms with E-state index in [-0.39, 0.29) is 37.3 Å². The SMILES string of the molecule is Cc1cc(NC(=O)CNC(=O)CN)n(Cc2ccccc2)n1.Cl. The maximum atomic E-state index is 11.8. The summed E-state index contributed by atoms with van der Waals surface area (Å²) in [5.74, 6) is -0.103. The molecule has 0 atom stereocenters. The van der Waals surface area contributed by atoms with E-state index >= 15 is 0 Å². The molecule has 0 fully saturated rings. The summed E-state index contributed by atoms with van der Waals surface area (Å²) in [4.78, 5) is 22.9. The summed E-state index contributed by atoms with van der Waals surface area (Å²) < 4.78 is 1.72. The Balaban J connectivity index is 0.00000264. The van der Waals surface area contributed by atoms with Gasteiger partial charge < -0.3 is 16.4 Å². The molecular formula is C15H20ClN5O2. The van der Waals surface area contributed by atoms with Gasteiger partial charge >= 0.3 is 0 Å². The predicted molar refractivity (Wildman–Crippen MR) is 90.4 cm³/mol. The van der Waals surface area contributed by atoms with Crippen LogP contribution >= 0.6 is 12.4 Å². The van der Waals surface area contributed by atoms with Gasteiger partial charge in [0.05, 0.1) is 25.3 Å². The Morgan fingerprint density at radius 3 is 2.57 bits per heavy atom. The number of nitrogens with two attached hydrogens (primary N) is 1. The van der Waals surface area contributed by atoms with Gasteiger partial charge in [0.1, 0.15) is 5.82 Å². The number of carbonyl (C=O) groups excluding carboxylic acids is 2. The first-order valence-electron chi connectivity index (χ1n) is 6.93. The molecular weight excluding hydrogens is 318 g/mol. The van der Waals surface area contributed by atoms with Crippen molar-refractivity contribution in [2.75, 3.05) is 18.4 Å². The zero-order chi connectivity index (χ0) is 15.9. The minimum absolute atomic E-state index is 0. The van der Waals surface area contributed by atoms with Crippen LogP contribution in [0.1, 0.15) is 11.3 Å². The molecule has 0 saturated carbocycles. The van der Waals surface area contributed by atoms with Gasteiger partial charge in [-0.15, -0.1) is 12.4 Å². The van der Waals surface area contributed by atoms with Crippen LogP contribution in [0.4, 0.5) is 5.82 Å². The van der Waals surface area contributed by atoms with E-state index in [9.17, 15) is 9.59 Å². The van der Waals surface area contributed by atoms with E-state index in [1.165, 1.54) is 0 Å². The molecule has 23 heavy (non-hydrogen) atoms. The summed E-state index contributed by atoms with van der Waals surface area (Å²) in [6, 6.07) is 11.6. The summed E-state index contributed by atoms with van der Waals surface area (Å²) in [5.41, 5.74) is 7.05. The average Bonchev–Trinajstić information content (AvgIpc) is 2.85. The predicted octanol–water partition coefficient (Wildman–Crippen LogP) is 0.675. The first kappa shape index (κ1) is 18.7. The topological polar surface area (TPSA) is 102 Å². The zero-order valence-electron chi connectivity index (χ0n) is 12.8. The number of rotatable bonds is 6. The maximum Gasteiger partial charge on any atom is 0.244 e. The number of benzene rings is 1. The molecule has 0 unspecified atom stereocenters. The summed E-state index contributed by atoms with van der Waals surface area (Å²) in [6.45, 7) is 2.15. The number of aromatic nitrogens is 2. The molecule has 8 heteroatoms. The second kappa shape index (κ2) is 8.92. The lowest BCUT2D eigenvalue weighted by Crippen LogP contribution is -2.36. The maximum absolute atomic E-state index is 11.8. The van der Waals surface area contributed by atoms with Crippen LogP contribution in [0.3, 0.4) is 0 Å². The van der Waals surface area contributed by atoms with E-state index in [0.29, 0.717) is 12.4 Å². The van der Waals surface area contributed by atoms with Crippen LogP contribution < -0.4 is 16.4 Å². The van der Waals surface area contributed by atoms with Crippen molar-refractivity contribution in [3.8, 4) is 0 Å². The molecule has 2 rings (SSSR count). The first-order chi connectivity index (χ1) is 10.6. The quantitative estimate of drug-likeness (QED) is 0.721. The lowest BCUT2D eigenvalue weighted by atomic mass is 10.2. The second-order valence-electron chi connectivity index (χ2n) is 4.84. The molecule has 0 bridgehead atoms. The largest absolute Gasteiger partial charge is 0.346 e. The third-order valence-electron chi connectivity index (χ3n) is 2.98. The van der Waals surface area contributed by atoms with E-state index in [2.05, 4.69) is 15.7 Å². The van der Waals surface area contributed by atoms with E-state index in [4.69, 9.17) is 5.73 Å². The van der Waals surface area contributed by atoms with Crippen molar-refractivity contribution in [3.63, 3.8) is 0 Å². The van der Waals surface area contributed by atoms with Crippen molar-refractivity contribution in [1.29, 1.82) is 0 Å². The fraction of sp³-hybridized carbons (Fsp3) is 0.267. The number of anilines is 1. The van der Waals surface area contributed by atoms with Crippen molar-refractivity contribution in [2.24, 2.45) is 5.73 Å². The zero-order valence-corrected chi connectivity index (χ0v) is 13.6. The van der Waals surface area contributed by atoms with Gasteiger partial charge in [0.2, 0.25) is 11.8 Å². The molecule has 1 aromatic carbocycles. The molecule has 7 nitrogen and oxygen atoms in total. The van der Waals surface area contributed by atoms with Crippen LogP contribution in [0.25, 0.3) is 0 Å². The average molecular weight is 338 g/mol. The summed E-state index contributed by atoms with van der Waals surface area (Å²) >= 11 is 0. The van der Waals surface area contributed by atoms with Gasteiger partial charge in [-0.1, -0.05) is 30.3 Å². The normalized spacial score (nSPS) is 9.83. The molecule has 2 aromatic rings. The Hall–Kier alpha value is -2.38. The highest BCUT2D eigenvalue weighted by Gasteiger charge is 2.10. The standard InChI is InChI=1S/C15H19N5O2.ClH/c1-11-7-13(18-15(22)9-17-14(21)8-16)20(19-11)10-12-5-3-2-4-6-12;/h2-7H,8-10,16H2,1H3,(H,17,21)(H,18,22);1H. The Labute approximate surface area is 140 Å². The van der Waals surface area contributed by atoms with Crippen molar-refractivity contribution in [3.05, 3.63) is 47.7 Å². The van der Waals surface area contributed by atoms with Crippen LogP contribution in [0.15, 0.2) is 36.4 Å². The van der Waals surface area contributed by atoms with E-state index in [0.717, 1.165) is 11.3 Å². The van der Waals surface area contributed by atoms with Crippen molar-refractivity contribution >= 4 is 30.0 Å². The van der Waals surface area contributed by atoms with Crippen molar-refractivity contribution in [2.45, 2.75) is 13.5 Å². The van der Waals surface area contributed by atoms with Gasteiger partial charge in [0.25, 0.3) is 0 Å². The highest BCUT2D eigenvalue weighted by molar-refractivity contribution is 5.94. The Morgan fingerprint density at radius 2 is 1.91 bits per heavy atom. The van der Waals surface area contributed by atoms with Crippen LogP contribution in [0.5, 0.6) is 0 Å². The van der Waals surface area contributed by atoms with Crippen LogP contribution in [0.2, 0.25) is 0 Å². The summed E-state index contributed by atoms with van der Waals surface area (Å²) in [7, 11) is 0. The fourth-order valence-corrected chi connectivity index (χ4v) is 1.96. The number of nitrogens with one attached hydrogen (secondary N) is 2. The number of halogens is 1. The molecule has 0 saturated heterocycles.